The fraction of sp³-hybridized carbons (Fsp3) is 0.600. The first-order chi connectivity index (χ1) is 21.4. The van der Waals surface area contributed by atoms with Crippen molar-refractivity contribution in [3.63, 3.8) is 0 Å². The number of alkyl carbamates (subject to hydrolysis) is 1. The Bertz CT molecular complexity index is 1410. The van der Waals surface area contributed by atoms with Crippen LogP contribution in [-0.2, 0) is 30.5 Å². The van der Waals surface area contributed by atoms with E-state index in [1.165, 1.54) is 4.90 Å². The molecular formula is C35H47N3O7. The first-order valence-corrected chi connectivity index (χ1v) is 16.4. The summed E-state index contributed by atoms with van der Waals surface area (Å²) in [5.74, 6) is -2.19. The van der Waals surface area contributed by atoms with Crippen LogP contribution in [0.1, 0.15) is 84.6 Å². The van der Waals surface area contributed by atoms with Gasteiger partial charge in [-0.3, -0.25) is 9.59 Å². The average Bonchev–Trinajstić information content (AvgIpc) is 3.56. The van der Waals surface area contributed by atoms with Crippen molar-refractivity contribution < 1.29 is 33.8 Å². The molecule has 3 amide bonds. The van der Waals surface area contributed by atoms with Gasteiger partial charge in [0.1, 0.15) is 23.2 Å². The van der Waals surface area contributed by atoms with E-state index in [0.29, 0.717) is 19.4 Å². The summed E-state index contributed by atoms with van der Waals surface area (Å²) in [6, 6.07) is 12.3. The van der Waals surface area contributed by atoms with Crippen molar-refractivity contribution in [2.45, 2.75) is 115 Å². The molecule has 0 bridgehead atoms. The average molecular weight is 622 g/mol. The molecule has 3 aliphatic rings. The molecule has 3 fully saturated rings. The van der Waals surface area contributed by atoms with Gasteiger partial charge in [0.25, 0.3) is 0 Å². The molecular weight excluding hydrogens is 574 g/mol. The Kier molecular flexibility index (Phi) is 9.72. The van der Waals surface area contributed by atoms with Crippen molar-refractivity contribution in [1.82, 2.24) is 15.5 Å². The number of carbonyl (C=O) groups is 4. The fourth-order valence-electron chi connectivity index (χ4n) is 7.09. The van der Waals surface area contributed by atoms with E-state index < -0.39 is 47.3 Å². The Morgan fingerprint density at radius 1 is 1.04 bits per heavy atom. The largest absolute Gasteiger partial charge is 0.479 e. The van der Waals surface area contributed by atoms with Crippen LogP contribution in [0.15, 0.2) is 42.5 Å². The summed E-state index contributed by atoms with van der Waals surface area (Å²) in [5.41, 5.74) is -1.06. The number of nitrogens with one attached hydrogen (secondary N) is 2. The van der Waals surface area contributed by atoms with E-state index in [1.54, 1.807) is 20.8 Å². The number of carbonyl (C=O) groups excluding carboxylic acids is 3. The molecule has 2 aliphatic carbocycles. The van der Waals surface area contributed by atoms with Crippen molar-refractivity contribution in [2.24, 2.45) is 11.8 Å². The van der Waals surface area contributed by atoms with Crippen LogP contribution >= 0.6 is 0 Å². The molecule has 1 heterocycles. The highest BCUT2D eigenvalue weighted by molar-refractivity contribution is 5.96. The van der Waals surface area contributed by atoms with E-state index >= 15 is 0 Å². The summed E-state index contributed by atoms with van der Waals surface area (Å²) in [5, 5.41) is 17.8. The molecule has 10 nitrogen and oxygen atoms in total. The van der Waals surface area contributed by atoms with Gasteiger partial charge in [-0.1, -0.05) is 75.1 Å². The third-order valence-electron chi connectivity index (χ3n) is 9.59. The molecule has 45 heavy (non-hydrogen) atoms. The molecule has 5 rings (SSSR count). The molecule has 1 aliphatic heterocycles. The number of hydrogen-bond acceptors (Lipinski definition) is 6. The highest BCUT2D eigenvalue weighted by atomic mass is 16.6. The van der Waals surface area contributed by atoms with Crippen molar-refractivity contribution in [1.29, 1.82) is 0 Å². The third-order valence-corrected chi connectivity index (χ3v) is 9.59. The maximum atomic E-state index is 14.4. The molecule has 2 saturated carbocycles. The highest BCUT2D eigenvalue weighted by Crippen LogP contribution is 2.46. The molecule has 3 N–H and O–H groups in total. The smallest absolute Gasteiger partial charge is 0.408 e. The second-order valence-corrected chi connectivity index (χ2v) is 13.9. The van der Waals surface area contributed by atoms with Gasteiger partial charge in [-0.25, -0.2) is 9.59 Å². The van der Waals surface area contributed by atoms with Crippen LogP contribution in [-0.4, -0.2) is 69.8 Å². The van der Waals surface area contributed by atoms with E-state index in [2.05, 4.69) is 10.6 Å². The lowest BCUT2D eigenvalue weighted by Gasteiger charge is -2.35. The zero-order chi connectivity index (χ0) is 32.4. The number of amides is 3. The standard InChI is InChI=1S/C35H47N3O7/c1-5-25-19-35(25,32(41)42)37-30(39)28-18-26(44-21-24-16-11-15-22-12-9-10-17-27(22)24)20-38(28)31(40)29(23-13-7-6-8-14-23)36-33(43)45-34(2,3)4/h9-12,15-17,23,25-26,28-29H,5-8,13-14,18-21H2,1-4H3,(H,36,43)(H,37,39)(H,41,42)/t25?,26?,28-,29-,35?/m0/s1. The van der Waals surface area contributed by atoms with Crippen LogP contribution in [0.2, 0.25) is 0 Å². The van der Waals surface area contributed by atoms with Gasteiger partial charge in [-0.15, -0.1) is 0 Å². The summed E-state index contributed by atoms with van der Waals surface area (Å²) in [6.45, 7) is 7.65. The molecule has 0 aromatic heterocycles. The second kappa shape index (κ2) is 13.4. The zero-order valence-electron chi connectivity index (χ0n) is 26.8. The van der Waals surface area contributed by atoms with Gasteiger partial charge in [-0.05, 0) is 68.2 Å². The number of carboxylic acids is 1. The van der Waals surface area contributed by atoms with Crippen molar-refractivity contribution in [3.05, 3.63) is 48.0 Å². The summed E-state index contributed by atoms with van der Waals surface area (Å²) in [6.07, 6.45) is 4.59. The number of likely N-dealkylation sites (tertiary alicyclic amines) is 1. The number of carboxylic acid groups (broad SMARTS) is 1. The molecule has 2 aromatic carbocycles. The van der Waals surface area contributed by atoms with Crippen LogP contribution in [0.5, 0.6) is 0 Å². The van der Waals surface area contributed by atoms with Crippen LogP contribution in [0.4, 0.5) is 4.79 Å². The van der Waals surface area contributed by atoms with Gasteiger partial charge in [0.05, 0.1) is 12.7 Å². The number of ether oxygens (including phenoxy) is 2. The SMILES string of the molecule is CCC1CC1(NC(=O)[C@@H]1CC(OCc2cccc3ccccc23)CN1C(=O)[C@@H](NC(=O)OC(C)(C)C)C1CCCCC1)C(=O)O. The van der Waals surface area contributed by atoms with Crippen molar-refractivity contribution in [3.8, 4) is 0 Å². The number of rotatable bonds is 10. The first kappa shape index (κ1) is 32.7. The second-order valence-electron chi connectivity index (χ2n) is 13.9. The monoisotopic (exact) mass is 621 g/mol. The van der Waals surface area contributed by atoms with Gasteiger partial charge < -0.3 is 30.1 Å². The number of nitrogens with zero attached hydrogens (tertiary/aromatic N) is 1. The maximum absolute atomic E-state index is 14.4. The minimum Gasteiger partial charge on any atom is -0.479 e. The topological polar surface area (TPSA) is 134 Å². The van der Waals surface area contributed by atoms with Gasteiger partial charge in [0.2, 0.25) is 11.8 Å². The molecule has 2 aromatic rings. The Balaban J connectivity index is 1.39. The number of fused-ring (bicyclic) bond motifs is 1. The van der Waals surface area contributed by atoms with Crippen LogP contribution in [0.3, 0.4) is 0 Å². The van der Waals surface area contributed by atoms with E-state index in [-0.39, 0.29) is 30.7 Å². The maximum Gasteiger partial charge on any atom is 0.408 e. The van der Waals surface area contributed by atoms with E-state index in [9.17, 15) is 24.3 Å². The summed E-state index contributed by atoms with van der Waals surface area (Å²) < 4.78 is 11.9. The molecule has 5 atom stereocenters. The Labute approximate surface area is 265 Å². The van der Waals surface area contributed by atoms with Gasteiger partial charge in [-0.2, -0.15) is 0 Å². The van der Waals surface area contributed by atoms with Gasteiger partial charge in [0, 0.05) is 13.0 Å². The van der Waals surface area contributed by atoms with Gasteiger partial charge in [0.15, 0.2) is 0 Å². The zero-order valence-corrected chi connectivity index (χ0v) is 26.8. The lowest BCUT2D eigenvalue weighted by Crippen LogP contribution is -2.58. The summed E-state index contributed by atoms with van der Waals surface area (Å²) >= 11 is 0. The minimum absolute atomic E-state index is 0.101. The quantitative estimate of drug-likeness (QED) is 0.333. The predicted molar refractivity (Wildman–Crippen MR) is 169 cm³/mol. The van der Waals surface area contributed by atoms with Crippen molar-refractivity contribution >= 4 is 34.6 Å². The van der Waals surface area contributed by atoms with Crippen LogP contribution in [0.25, 0.3) is 10.8 Å². The van der Waals surface area contributed by atoms with Crippen molar-refractivity contribution in [2.75, 3.05) is 6.54 Å². The lowest BCUT2D eigenvalue weighted by atomic mass is 9.83. The Hall–Kier alpha value is -3.66. The minimum atomic E-state index is -1.32. The number of aliphatic carboxylic acids is 1. The summed E-state index contributed by atoms with van der Waals surface area (Å²) in [7, 11) is 0. The molecule has 244 valence electrons. The lowest BCUT2D eigenvalue weighted by molar-refractivity contribution is -0.146. The molecule has 10 heteroatoms. The Morgan fingerprint density at radius 3 is 2.42 bits per heavy atom. The first-order valence-electron chi connectivity index (χ1n) is 16.4. The predicted octanol–water partition coefficient (Wildman–Crippen LogP) is 5.17. The summed E-state index contributed by atoms with van der Waals surface area (Å²) in [4.78, 5) is 54.9. The number of hydrogen-bond donors (Lipinski definition) is 3. The molecule has 0 radical (unpaired) electrons. The normalized spacial score (nSPS) is 25.9. The van der Waals surface area contributed by atoms with Crippen LogP contribution in [0, 0.1) is 11.8 Å². The van der Waals surface area contributed by atoms with E-state index in [4.69, 9.17) is 9.47 Å². The van der Waals surface area contributed by atoms with E-state index in [0.717, 1.165) is 48.4 Å². The molecule has 1 saturated heterocycles. The Morgan fingerprint density at radius 2 is 1.76 bits per heavy atom. The third kappa shape index (κ3) is 7.43. The highest BCUT2D eigenvalue weighted by Gasteiger charge is 2.61. The van der Waals surface area contributed by atoms with E-state index in [1.807, 2.05) is 49.4 Å². The molecule has 3 unspecified atom stereocenters. The molecule has 0 spiro atoms. The number of benzene rings is 2. The van der Waals surface area contributed by atoms with Gasteiger partial charge >= 0.3 is 12.1 Å². The van der Waals surface area contributed by atoms with Crippen LogP contribution < -0.4 is 10.6 Å². The fourth-order valence-corrected chi connectivity index (χ4v) is 7.09.